The fourth-order valence-corrected chi connectivity index (χ4v) is 4.94. The van der Waals surface area contributed by atoms with Gasteiger partial charge in [0.2, 0.25) is 0 Å². The molecule has 0 bridgehead atoms. The molecule has 0 aliphatic carbocycles. The maximum atomic E-state index is 4.97. The number of aromatic nitrogens is 3. The zero-order chi connectivity index (χ0) is 14.2. The second-order valence-corrected chi connectivity index (χ2v) is 7.46. The van der Waals surface area contributed by atoms with Gasteiger partial charge in [-0.2, -0.15) is 11.8 Å². The predicted molar refractivity (Wildman–Crippen MR) is 87.5 cm³/mol. The van der Waals surface area contributed by atoms with E-state index in [0.717, 1.165) is 11.2 Å². The van der Waals surface area contributed by atoms with Gasteiger partial charge in [0.05, 0.1) is 11.4 Å². The fraction of sp³-hybridized carbons (Fsp3) is 0.625. The lowest BCUT2D eigenvalue weighted by atomic mass is 10.2. The van der Waals surface area contributed by atoms with Crippen LogP contribution in [0.1, 0.15) is 49.3 Å². The van der Waals surface area contributed by atoms with Crippen LogP contribution in [-0.4, -0.2) is 38.8 Å². The van der Waals surface area contributed by atoms with E-state index in [-0.39, 0.29) is 0 Å². The zero-order valence-corrected chi connectivity index (χ0v) is 13.4. The number of hydrogen-bond acceptors (Lipinski definition) is 4. The summed E-state index contributed by atoms with van der Waals surface area (Å²) in [5.74, 6) is 2.52. The normalized spacial score (nSPS) is 27.5. The molecule has 2 aliphatic heterocycles. The van der Waals surface area contributed by atoms with Gasteiger partial charge in [0.1, 0.15) is 11.3 Å². The Morgan fingerprint density at radius 2 is 2.19 bits per heavy atom. The highest BCUT2D eigenvalue weighted by atomic mass is 32.2. The van der Waals surface area contributed by atoms with E-state index < -0.39 is 0 Å². The molecule has 2 aromatic heterocycles. The number of nitrogens with zero attached hydrogens (tertiary/aromatic N) is 4. The lowest BCUT2D eigenvalue weighted by Gasteiger charge is -2.27. The van der Waals surface area contributed by atoms with Crippen LogP contribution in [0.15, 0.2) is 18.3 Å². The van der Waals surface area contributed by atoms with Gasteiger partial charge in [-0.1, -0.05) is 6.42 Å². The minimum Gasteiger partial charge on any atom is -0.295 e. The molecule has 21 heavy (non-hydrogen) atoms. The van der Waals surface area contributed by atoms with Crippen molar-refractivity contribution in [1.82, 2.24) is 19.4 Å². The average Bonchev–Trinajstić information content (AvgIpc) is 3.11. The van der Waals surface area contributed by atoms with Crippen LogP contribution in [0.25, 0.3) is 11.2 Å². The largest absolute Gasteiger partial charge is 0.295 e. The van der Waals surface area contributed by atoms with Gasteiger partial charge in [0, 0.05) is 6.20 Å². The summed E-state index contributed by atoms with van der Waals surface area (Å²) in [5.41, 5.74) is 2.12. The molecule has 5 heteroatoms. The van der Waals surface area contributed by atoms with Gasteiger partial charge >= 0.3 is 0 Å². The number of thioether (sulfide) groups is 1. The smallest absolute Gasteiger partial charge is 0.161 e. The van der Waals surface area contributed by atoms with E-state index in [1.54, 1.807) is 0 Å². The molecule has 2 saturated heterocycles. The molecular formula is C16H22N4S. The minimum atomic E-state index is 0.433. The highest BCUT2D eigenvalue weighted by Crippen LogP contribution is 2.41. The van der Waals surface area contributed by atoms with Gasteiger partial charge < -0.3 is 0 Å². The molecule has 0 saturated carbocycles. The SMILES string of the molecule is CN1CCCC1n1c(C2CCCCS2)nc2cccnc21. The van der Waals surface area contributed by atoms with Crippen molar-refractivity contribution in [3.63, 3.8) is 0 Å². The molecule has 2 unspecified atom stereocenters. The van der Waals surface area contributed by atoms with Crippen LogP contribution in [-0.2, 0) is 0 Å². The van der Waals surface area contributed by atoms with Gasteiger partial charge in [-0.15, -0.1) is 0 Å². The molecule has 0 spiro atoms. The van der Waals surface area contributed by atoms with Crippen LogP contribution >= 0.6 is 11.8 Å². The lowest BCUT2D eigenvalue weighted by Crippen LogP contribution is -2.25. The van der Waals surface area contributed by atoms with Crippen LogP contribution in [0.4, 0.5) is 0 Å². The van der Waals surface area contributed by atoms with Crippen molar-refractivity contribution in [2.24, 2.45) is 0 Å². The molecule has 2 aromatic rings. The topological polar surface area (TPSA) is 34.0 Å². The van der Waals surface area contributed by atoms with E-state index >= 15 is 0 Å². The Labute approximate surface area is 129 Å². The summed E-state index contributed by atoms with van der Waals surface area (Å²) in [4.78, 5) is 12.1. The molecule has 112 valence electrons. The third kappa shape index (κ3) is 2.36. The van der Waals surface area contributed by atoms with Gasteiger partial charge in [-0.3, -0.25) is 9.47 Å². The Morgan fingerprint density at radius 1 is 1.24 bits per heavy atom. The van der Waals surface area contributed by atoms with E-state index in [0.29, 0.717) is 11.4 Å². The quantitative estimate of drug-likeness (QED) is 0.848. The van der Waals surface area contributed by atoms with Gasteiger partial charge in [-0.05, 0) is 57.2 Å². The summed E-state index contributed by atoms with van der Waals surface area (Å²) in [6, 6.07) is 4.10. The molecule has 0 amide bonds. The molecule has 2 atom stereocenters. The van der Waals surface area contributed by atoms with E-state index in [4.69, 9.17) is 4.98 Å². The molecule has 2 fully saturated rings. The molecule has 2 aliphatic rings. The number of fused-ring (bicyclic) bond motifs is 1. The number of likely N-dealkylation sites (tertiary alicyclic amines) is 1. The van der Waals surface area contributed by atoms with Crippen LogP contribution < -0.4 is 0 Å². The summed E-state index contributed by atoms with van der Waals surface area (Å²) >= 11 is 2.08. The monoisotopic (exact) mass is 302 g/mol. The van der Waals surface area contributed by atoms with Crippen LogP contribution in [0, 0.1) is 0 Å². The number of pyridine rings is 1. The van der Waals surface area contributed by atoms with Crippen molar-refractivity contribution in [2.45, 2.75) is 43.5 Å². The predicted octanol–water partition coefficient (Wildman–Crippen LogP) is 3.61. The molecule has 0 aromatic carbocycles. The van der Waals surface area contributed by atoms with Gasteiger partial charge in [0.25, 0.3) is 0 Å². The van der Waals surface area contributed by atoms with Gasteiger partial charge in [0.15, 0.2) is 5.65 Å². The van der Waals surface area contributed by atoms with Crippen molar-refractivity contribution in [3.8, 4) is 0 Å². The van der Waals surface area contributed by atoms with Crippen LogP contribution in [0.2, 0.25) is 0 Å². The summed E-state index contributed by atoms with van der Waals surface area (Å²) in [6.07, 6.45) is 8.74. The molecule has 4 heterocycles. The lowest BCUT2D eigenvalue weighted by molar-refractivity contribution is 0.236. The second-order valence-electron chi connectivity index (χ2n) is 6.14. The summed E-state index contributed by atoms with van der Waals surface area (Å²) in [5, 5.41) is 0.543. The number of rotatable bonds is 2. The van der Waals surface area contributed by atoms with Crippen molar-refractivity contribution in [2.75, 3.05) is 19.3 Å². The highest BCUT2D eigenvalue weighted by molar-refractivity contribution is 7.99. The molecule has 0 radical (unpaired) electrons. The van der Waals surface area contributed by atoms with Crippen LogP contribution in [0.3, 0.4) is 0 Å². The first-order valence-electron chi connectivity index (χ1n) is 7.99. The standard InChI is InChI=1S/C16H22N4S/c1-19-10-5-8-14(19)20-15-12(6-4-9-17-15)18-16(20)13-7-2-3-11-21-13/h4,6,9,13-14H,2-3,5,7-8,10-11H2,1H3. The first-order chi connectivity index (χ1) is 10.3. The highest BCUT2D eigenvalue weighted by Gasteiger charge is 2.31. The molecule has 4 rings (SSSR count). The summed E-state index contributed by atoms with van der Waals surface area (Å²) in [7, 11) is 2.23. The number of imidazole rings is 1. The Bertz CT molecular complexity index is 632. The summed E-state index contributed by atoms with van der Waals surface area (Å²) < 4.78 is 2.44. The first kappa shape index (κ1) is 13.6. The Hall–Kier alpha value is -1.07. The second kappa shape index (κ2) is 5.61. The van der Waals surface area contributed by atoms with E-state index in [2.05, 4.69) is 39.3 Å². The zero-order valence-electron chi connectivity index (χ0n) is 12.5. The van der Waals surface area contributed by atoms with Crippen molar-refractivity contribution < 1.29 is 0 Å². The average molecular weight is 302 g/mol. The Morgan fingerprint density at radius 3 is 2.95 bits per heavy atom. The van der Waals surface area contributed by atoms with E-state index in [1.807, 2.05) is 12.3 Å². The maximum Gasteiger partial charge on any atom is 0.161 e. The van der Waals surface area contributed by atoms with Crippen molar-refractivity contribution in [1.29, 1.82) is 0 Å². The molecule has 0 N–H and O–H groups in total. The third-order valence-electron chi connectivity index (χ3n) is 4.72. The van der Waals surface area contributed by atoms with Crippen molar-refractivity contribution >= 4 is 22.9 Å². The number of hydrogen-bond donors (Lipinski definition) is 0. The Balaban J connectivity index is 1.84. The summed E-state index contributed by atoms with van der Waals surface area (Å²) in [6.45, 7) is 1.18. The first-order valence-corrected chi connectivity index (χ1v) is 9.04. The minimum absolute atomic E-state index is 0.433. The molecule has 4 nitrogen and oxygen atoms in total. The Kier molecular flexibility index (Phi) is 3.63. The van der Waals surface area contributed by atoms with Crippen LogP contribution in [0.5, 0.6) is 0 Å². The maximum absolute atomic E-state index is 4.97. The van der Waals surface area contributed by atoms with E-state index in [1.165, 1.54) is 50.2 Å². The fourth-order valence-electron chi connectivity index (χ4n) is 3.63. The van der Waals surface area contributed by atoms with E-state index in [9.17, 15) is 0 Å². The third-order valence-corrected chi connectivity index (χ3v) is 6.10. The van der Waals surface area contributed by atoms with Crippen molar-refractivity contribution in [3.05, 3.63) is 24.2 Å². The van der Waals surface area contributed by atoms with Gasteiger partial charge in [-0.25, -0.2) is 9.97 Å². The molecular weight excluding hydrogens is 280 g/mol.